The van der Waals surface area contributed by atoms with E-state index in [9.17, 15) is 28.7 Å². The van der Waals surface area contributed by atoms with E-state index in [1.54, 1.807) is 0 Å². The van der Waals surface area contributed by atoms with Gasteiger partial charge in [-0.2, -0.15) is 0 Å². The minimum Gasteiger partial charge on any atom is -0.808 e. The first-order valence-electron chi connectivity index (χ1n) is 2.27. The molecule has 0 aromatic rings. The maximum Gasteiger partial charge on any atom is 0.114 e. The Morgan fingerprint density at radius 3 is 1.25 bits per heavy atom. The summed E-state index contributed by atoms with van der Waals surface area (Å²) in [4.78, 5) is 39.8. The predicted octanol–water partition coefficient (Wildman–Crippen LogP) is -3.52. The molecule has 0 atom stereocenters. The van der Waals surface area contributed by atoms with Crippen molar-refractivity contribution in [1.82, 2.24) is 0 Å². The summed E-state index contributed by atoms with van der Waals surface area (Å²) in [7, 11) is -11.6. The van der Waals surface area contributed by atoms with Crippen molar-refractivity contribution in [2.75, 3.05) is 0 Å². The van der Waals surface area contributed by atoms with Crippen LogP contribution in [0.3, 0.4) is 0 Å². The van der Waals surface area contributed by atoms with Gasteiger partial charge in [0, 0.05) is 20.4 Å². The van der Waals surface area contributed by atoms with E-state index in [0.29, 0.717) is 0 Å². The Morgan fingerprint density at radius 2 is 1.25 bits per heavy atom. The average Bonchev–Trinajstić information content (AvgIpc) is 1.58. The first-order valence-corrected chi connectivity index (χ1v) is 5.35. The molecule has 0 amide bonds. The van der Waals surface area contributed by atoms with Crippen molar-refractivity contribution in [3.63, 3.8) is 0 Å². The number of rotatable bonds is 2. The minimum atomic E-state index is -5.82. The predicted molar refractivity (Wildman–Crippen MR) is 25.8 cm³/mol. The minimum absolute atomic E-state index is 0. The van der Waals surface area contributed by atoms with Crippen molar-refractivity contribution in [2.24, 2.45) is 0 Å². The Balaban J connectivity index is 0. The molecule has 0 aliphatic rings. The molecule has 0 spiro atoms. The largest absolute Gasteiger partial charge is 0.808 e. The zero-order chi connectivity index (χ0) is 9.50. The van der Waals surface area contributed by atoms with Gasteiger partial charge in [-0.3, -0.25) is 0 Å². The van der Waals surface area contributed by atoms with Crippen LogP contribution in [0.5, 0.6) is 0 Å². The maximum atomic E-state index is 9.95. The topological polar surface area (TPSA) is 147 Å². The first-order chi connectivity index (χ1) is 4.50. The van der Waals surface area contributed by atoms with E-state index >= 15 is 0 Å². The summed E-state index contributed by atoms with van der Waals surface area (Å²) in [6.45, 7) is 0.133. The van der Waals surface area contributed by atoms with Gasteiger partial charge in [-0.15, -0.1) is 0 Å². The summed E-state index contributed by atoms with van der Waals surface area (Å²) in [5, 5.41) is 4.68. The van der Waals surface area contributed by atoms with E-state index in [-0.39, 0.29) is 27.3 Å². The zero-order valence-corrected chi connectivity index (χ0v) is 10.2. The molecule has 1 radical (unpaired) electrons. The molecule has 7 nitrogen and oxygen atoms in total. The molecule has 0 fully saturated rings. The fourth-order valence-corrected chi connectivity index (χ4v) is 1.35. The SMILES string of the molecule is CC(O)(P(=O)([O-])[O-])P(=O)([O-])[O-].[186Re]. The molecule has 75 valence electrons. The molecule has 0 bridgehead atoms. The van der Waals surface area contributed by atoms with Crippen LogP contribution in [0.1, 0.15) is 6.92 Å². The third kappa shape index (κ3) is 3.00. The molecule has 1 N–H and O–H groups in total. The summed E-state index contributed by atoms with van der Waals surface area (Å²) >= 11 is 0. The Hall–Kier alpha value is 0.922. The Labute approximate surface area is 81.8 Å². The standard InChI is InChI=1S/C2H8O7P2.Re/c1-2(3,10(4,5)6)11(7,8)9;/h3H,1H3,(H2,4,5,6)(H2,7,8,9);/p-4/i;1+0. The fraction of sp³-hybridized carbons (Fsp3) is 1.00. The second-order valence-corrected chi connectivity index (χ2v) is 6.05. The summed E-state index contributed by atoms with van der Waals surface area (Å²) in [5.74, 6) is 0. The van der Waals surface area contributed by atoms with Crippen molar-refractivity contribution in [3.8, 4) is 0 Å². The molecule has 0 rings (SSSR count). The molecular weight excluding hydrogens is 384 g/mol. The van der Waals surface area contributed by atoms with Crippen molar-refractivity contribution < 1.29 is 54.2 Å². The number of hydrogen-bond donors (Lipinski definition) is 1. The number of aliphatic hydroxyl groups is 1. The van der Waals surface area contributed by atoms with Gasteiger partial charge >= 0.3 is 0 Å². The van der Waals surface area contributed by atoms with Crippen LogP contribution in [-0.4, -0.2) is 10.2 Å². The monoisotopic (exact) mass is 388 g/mol. The second kappa shape index (κ2) is 3.97. The van der Waals surface area contributed by atoms with Gasteiger partial charge in [0.25, 0.3) is 0 Å². The summed E-state index contributed by atoms with van der Waals surface area (Å²) in [6, 6.07) is 0. The van der Waals surface area contributed by atoms with E-state index in [1.807, 2.05) is 0 Å². The van der Waals surface area contributed by atoms with E-state index in [1.165, 1.54) is 0 Å². The van der Waals surface area contributed by atoms with Gasteiger partial charge < -0.3 is 33.8 Å². The average molecular weight is 388 g/mol. The van der Waals surface area contributed by atoms with E-state index in [2.05, 4.69) is 0 Å². The quantitative estimate of drug-likeness (QED) is 0.483. The normalized spacial score (nSPS) is 13.8. The Bertz CT molecular complexity index is 212. The van der Waals surface area contributed by atoms with Crippen molar-refractivity contribution in [3.05, 3.63) is 0 Å². The molecular formula is C2H4O7P2Re-4. The molecule has 0 heterocycles. The van der Waals surface area contributed by atoms with Gasteiger partial charge in [0.1, 0.15) is 5.08 Å². The van der Waals surface area contributed by atoms with Crippen LogP contribution in [0.25, 0.3) is 0 Å². The van der Waals surface area contributed by atoms with Crippen LogP contribution in [0.2, 0.25) is 0 Å². The van der Waals surface area contributed by atoms with Crippen LogP contribution in [0.15, 0.2) is 0 Å². The van der Waals surface area contributed by atoms with Crippen molar-refractivity contribution in [2.45, 2.75) is 12.0 Å². The van der Waals surface area contributed by atoms with Crippen LogP contribution < -0.4 is 19.6 Å². The van der Waals surface area contributed by atoms with Gasteiger partial charge in [-0.25, -0.2) is 0 Å². The Morgan fingerprint density at radius 1 is 1.08 bits per heavy atom. The second-order valence-electron chi connectivity index (χ2n) is 1.97. The molecule has 0 aliphatic carbocycles. The summed E-state index contributed by atoms with van der Waals surface area (Å²) in [6.07, 6.45) is 0. The van der Waals surface area contributed by atoms with Crippen LogP contribution in [0, 0.1) is 0 Å². The molecule has 0 saturated heterocycles. The molecule has 0 unspecified atom stereocenters. The van der Waals surface area contributed by atoms with Crippen LogP contribution >= 0.6 is 15.2 Å². The van der Waals surface area contributed by atoms with Crippen LogP contribution in [-0.2, 0) is 29.6 Å². The van der Waals surface area contributed by atoms with E-state index < -0.39 is 20.3 Å². The molecule has 0 aromatic heterocycles. The van der Waals surface area contributed by atoms with Gasteiger partial charge in [-0.1, -0.05) is 0 Å². The first kappa shape index (κ1) is 15.4. The van der Waals surface area contributed by atoms with Gasteiger partial charge in [0.2, 0.25) is 0 Å². The van der Waals surface area contributed by atoms with Gasteiger partial charge in [0.15, 0.2) is 0 Å². The molecule has 10 heteroatoms. The summed E-state index contributed by atoms with van der Waals surface area (Å²) in [5.41, 5.74) is 0. The van der Waals surface area contributed by atoms with E-state index in [0.717, 1.165) is 0 Å². The zero-order valence-electron chi connectivity index (χ0n) is 5.67. The Kier molecular flexibility index (Phi) is 5.10. The molecule has 0 aliphatic heterocycles. The smallest absolute Gasteiger partial charge is 0.114 e. The number of hydrogen-bond acceptors (Lipinski definition) is 7. The van der Waals surface area contributed by atoms with Gasteiger partial charge in [0.05, 0.1) is 0 Å². The van der Waals surface area contributed by atoms with Crippen molar-refractivity contribution >= 4 is 15.2 Å². The molecule has 0 saturated carbocycles. The maximum absolute atomic E-state index is 9.95. The summed E-state index contributed by atoms with van der Waals surface area (Å²) < 4.78 is 19.9. The fourth-order valence-electron chi connectivity index (χ4n) is 0.150. The van der Waals surface area contributed by atoms with Crippen molar-refractivity contribution in [1.29, 1.82) is 0 Å². The third-order valence-corrected chi connectivity index (χ3v) is 4.58. The molecule has 12 heavy (non-hydrogen) atoms. The molecule has 0 aromatic carbocycles. The van der Waals surface area contributed by atoms with Crippen LogP contribution in [0.4, 0.5) is 0 Å². The van der Waals surface area contributed by atoms with Gasteiger partial charge in [-0.05, 0) is 22.1 Å². The van der Waals surface area contributed by atoms with E-state index in [4.69, 9.17) is 5.11 Å². The third-order valence-electron chi connectivity index (χ3n) is 1.04.